The number of rotatable bonds is 7. The monoisotopic (exact) mass is 313 g/mol. The molecule has 1 heterocycles. The van der Waals surface area contributed by atoms with Crippen molar-refractivity contribution in [3.63, 3.8) is 0 Å². The highest BCUT2D eigenvalue weighted by molar-refractivity contribution is 7.12. The quantitative estimate of drug-likeness (QED) is 0.814. The maximum Gasteiger partial charge on any atom is 0.387 e. The van der Waals surface area contributed by atoms with E-state index in [0.29, 0.717) is 12.2 Å². The van der Waals surface area contributed by atoms with Gasteiger partial charge in [-0.1, -0.05) is 6.92 Å². The SMILES string of the molecule is CCc1ccc(CNc2ccc(OC)c(OC(F)F)c2)s1. The van der Waals surface area contributed by atoms with Gasteiger partial charge in [0.1, 0.15) is 0 Å². The lowest BCUT2D eigenvalue weighted by Gasteiger charge is -2.12. The third-order valence-electron chi connectivity index (χ3n) is 2.91. The zero-order valence-electron chi connectivity index (χ0n) is 11.9. The molecule has 21 heavy (non-hydrogen) atoms. The lowest BCUT2D eigenvalue weighted by atomic mass is 10.2. The van der Waals surface area contributed by atoms with Crippen LogP contribution in [0.4, 0.5) is 14.5 Å². The smallest absolute Gasteiger partial charge is 0.387 e. The molecule has 0 aliphatic heterocycles. The van der Waals surface area contributed by atoms with Crippen molar-refractivity contribution in [2.75, 3.05) is 12.4 Å². The molecule has 1 N–H and O–H groups in total. The van der Waals surface area contributed by atoms with E-state index in [1.807, 2.05) is 0 Å². The zero-order valence-corrected chi connectivity index (χ0v) is 12.7. The normalized spacial score (nSPS) is 10.7. The second-order valence-electron chi connectivity index (χ2n) is 4.32. The number of anilines is 1. The number of halogens is 2. The Balaban J connectivity index is 2.05. The fraction of sp³-hybridized carbons (Fsp3) is 0.333. The van der Waals surface area contributed by atoms with E-state index >= 15 is 0 Å². The maximum absolute atomic E-state index is 12.4. The number of benzene rings is 1. The van der Waals surface area contributed by atoms with Gasteiger partial charge in [0.25, 0.3) is 0 Å². The molecular weight excluding hydrogens is 296 g/mol. The largest absolute Gasteiger partial charge is 0.493 e. The molecule has 1 aromatic heterocycles. The number of thiophene rings is 1. The number of ether oxygens (including phenoxy) is 2. The molecular formula is C15H17F2NO2S. The molecule has 114 valence electrons. The summed E-state index contributed by atoms with van der Waals surface area (Å²) in [6.45, 7) is -0.121. The van der Waals surface area contributed by atoms with Crippen LogP contribution in [-0.2, 0) is 13.0 Å². The Morgan fingerprint density at radius 3 is 2.52 bits per heavy atom. The summed E-state index contributed by atoms with van der Waals surface area (Å²) in [6.07, 6.45) is 1.01. The van der Waals surface area contributed by atoms with Crippen molar-refractivity contribution in [1.82, 2.24) is 0 Å². The van der Waals surface area contributed by atoms with Gasteiger partial charge in [-0.05, 0) is 30.7 Å². The van der Waals surface area contributed by atoms with E-state index in [1.54, 1.807) is 23.5 Å². The molecule has 6 heteroatoms. The van der Waals surface area contributed by atoms with Crippen LogP contribution in [0.3, 0.4) is 0 Å². The zero-order chi connectivity index (χ0) is 15.2. The van der Waals surface area contributed by atoms with Gasteiger partial charge >= 0.3 is 6.61 Å². The first kappa shape index (κ1) is 15.6. The van der Waals surface area contributed by atoms with E-state index in [1.165, 1.54) is 22.9 Å². The molecule has 2 aromatic rings. The molecule has 0 unspecified atom stereocenters. The van der Waals surface area contributed by atoms with Gasteiger partial charge in [-0.2, -0.15) is 8.78 Å². The van der Waals surface area contributed by atoms with Gasteiger partial charge in [0.05, 0.1) is 7.11 Å². The van der Waals surface area contributed by atoms with Crippen LogP contribution in [0, 0.1) is 0 Å². The van der Waals surface area contributed by atoms with Crippen LogP contribution in [0.5, 0.6) is 11.5 Å². The summed E-state index contributed by atoms with van der Waals surface area (Å²) in [6, 6.07) is 9.05. The first-order valence-corrected chi connectivity index (χ1v) is 7.38. The number of nitrogens with one attached hydrogen (secondary N) is 1. The Labute approximate surface area is 126 Å². The Morgan fingerprint density at radius 1 is 1.14 bits per heavy atom. The highest BCUT2D eigenvalue weighted by atomic mass is 32.1. The Bertz CT molecular complexity index is 587. The summed E-state index contributed by atoms with van der Waals surface area (Å²) in [7, 11) is 1.42. The minimum absolute atomic E-state index is 0.0259. The molecule has 0 fully saturated rings. The topological polar surface area (TPSA) is 30.5 Å². The number of aryl methyl sites for hydroxylation is 1. The summed E-state index contributed by atoms with van der Waals surface area (Å²) in [5, 5.41) is 3.19. The highest BCUT2D eigenvalue weighted by Crippen LogP contribution is 2.31. The van der Waals surface area contributed by atoms with E-state index in [9.17, 15) is 8.78 Å². The number of hydrogen-bond donors (Lipinski definition) is 1. The molecule has 2 rings (SSSR count). The van der Waals surface area contributed by atoms with Gasteiger partial charge in [0, 0.05) is 28.1 Å². The average molecular weight is 313 g/mol. The second-order valence-corrected chi connectivity index (χ2v) is 5.57. The number of alkyl halides is 2. The highest BCUT2D eigenvalue weighted by Gasteiger charge is 2.11. The van der Waals surface area contributed by atoms with E-state index in [2.05, 4.69) is 29.1 Å². The third kappa shape index (κ3) is 4.32. The Morgan fingerprint density at radius 2 is 1.90 bits per heavy atom. The molecule has 1 aromatic carbocycles. The van der Waals surface area contributed by atoms with E-state index in [4.69, 9.17) is 4.74 Å². The van der Waals surface area contributed by atoms with Gasteiger partial charge in [-0.25, -0.2) is 0 Å². The molecule has 0 saturated carbocycles. The van der Waals surface area contributed by atoms with Crippen molar-refractivity contribution < 1.29 is 18.3 Å². The molecule has 0 spiro atoms. The van der Waals surface area contributed by atoms with Gasteiger partial charge in [-0.3, -0.25) is 0 Å². The van der Waals surface area contributed by atoms with Gasteiger partial charge < -0.3 is 14.8 Å². The van der Waals surface area contributed by atoms with E-state index in [0.717, 1.165) is 6.42 Å². The average Bonchev–Trinajstić information content (AvgIpc) is 2.93. The first-order chi connectivity index (χ1) is 10.1. The lowest BCUT2D eigenvalue weighted by molar-refractivity contribution is -0.0511. The summed E-state index contributed by atoms with van der Waals surface area (Å²) in [4.78, 5) is 2.52. The van der Waals surface area contributed by atoms with Crippen LogP contribution in [0.1, 0.15) is 16.7 Å². The van der Waals surface area contributed by atoms with Crippen molar-refractivity contribution in [1.29, 1.82) is 0 Å². The molecule has 3 nitrogen and oxygen atoms in total. The molecule has 0 amide bonds. The predicted octanol–water partition coefficient (Wildman–Crippen LogP) is 4.53. The van der Waals surface area contributed by atoms with Crippen molar-refractivity contribution >= 4 is 17.0 Å². The molecule has 0 atom stereocenters. The summed E-state index contributed by atoms with van der Waals surface area (Å²) in [5.74, 6) is 0.308. The van der Waals surface area contributed by atoms with Gasteiger partial charge in [0.2, 0.25) is 0 Å². The minimum atomic E-state index is -2.88. The van der Waals surface area contributed by atoms with Gasteiger partial charge in [-0.15, -0.1) is 11.3 Å². The second kappa shape index (κ2) is 7.26. The fourth-order valence-electron chi connectivity index (χ4n) is 1.87. The van der Waals surface area contributed by atoms with Gasteiger partial charge in [0.15, 0.2) is 11.5 Å². The van der Waals surface area contributed by atoms with Crippen LogP contribution in [0.15, 0.2) is 30.3 Å². The van der Waals surface area contributed by atoms with Crippen LogP contribution in [0.25, 0.3) is 0 Å². The van der Waals surface area contributed by atoms with E-state index < -0.39 is 6.61 Å². The number of hydrogen-bond acceptors (Lipinski definition) is 4. The van der Waals surface area contributed by atoms with Crippen LogP contribution in [0.2, 0.25) is 0 Å². The maximum atomic E-state index is 12.4. The summed E-state index contributed by atoms with van der Waals surface area (Å²) in [5.41, 5.74) is 0.706. The number of methoxy groups -OCH3 is 1. The Hall–Kier alpha value is -1.82. The first-order valence-electron chi connectivity index (χ1n) is 6.56. The Kier molecular flexibility index (Phi) is 5.38. The van der Waals surface area contributed by atoms with Crippen molar-refractivity contribution in [3.05, 3.63) is 40.1 Å². The lowest BCUT2D eigenvalue weighted by Crippen LogP contribution is -2.04. The van der Waals surface area contributed by atoms with Crippen molar-refractivity contribution in [2.24, 2.45) is 0 Å². The van der Waals surface area contributed by atoms with Crippen molar-refractivity contribution in [2.45, 2.75) is 26.5 Å². The van der Waals surface area contributed by atoms with Crippen LogP contribution in [-0.4, -0.2) is 13.7 Å². The fourth-order valence-corrected chi connectivity index (χ4v) is 2.77. The predicted molar refractivity (Wildman–Crippen MR) is 80.6 cm³/mol. The standard InChI is InChI=1S/C15H17F2NO2S/c1-3-11-5-6-12(21-11)9-18-10-4-7-13(19-2)14(8-10)20-15(16)17/h4-8,15,18H,3,9H2,1-2H3. The van der Waals surface area contributed by atoms with E-state index in [-0.39, 0.29) is 11.5 Å². The molecule has 0 bridgehead atoms. The summed E-state index contributed by atoms with van der Waals surface area (Å²) >= 11 is 1.74. The molecule has 0 aliphatic rings. The third-order valence-corrected chi connectivity index (χ3v) is 4.14. The molecule has 0 radical (unpaired) electrons. The van der Waals surface area contributed by atoms with Crippen LogP contribution < -0.4 is 14.8 Å². The molecule has 0 saturated heterocycles. The van der Waals surface area contributed by atoms with Crippen molar-refractivity contribution in [3.8, 4) is 11.5 Å². The minimum Gasteiger partial charge on any atom is -0.493 e. The van der Waals surface area contributed by atoms with Crippen LogP contribution >= 0.6 is 11.3 Å². The molecule has 0 aliphatic carbocycles. The summed E-state index contributed by atoms with van der Waals surface area (Å²) < 4.78 is 34.2.